The van der Waals surface area contributed by atoms with E-state index in [1.165, 1.54) is 24.5 Å². The molecule has 1 aromatic heterocycles. The summed E-state index contributed by atoms with van der Waals surface area (Å²) in [5.41, 5.74) is 2.64. The van der Waals surface area contributed by atoms with Crippen LogP contribution in [0.3, 0.4) is 0 Å². The predicted molar refractivity (Wildman–Crippen MR) is 108 cm³/mol. The Balaban J connectivity index is 1.54. The number of anilines is 1. The average molecular weight is 431 g/mol. The van der Waals surface area contributed by atoms with Gasteiger partial charge in [0.2, 0.25) is 0 Å². The Hall–Kier alpha value is -3.70. The molecular formula is C20H19F2N5O4. The molecule has 2 aromatic carbocycles. The molecule has 1 saturated heterocycles. The summed E-state index contributed by atoms with van der Waals surface area (Å²) in [5.74, 6) is 8.48. The number of furan rings is 1. The Kier molecular flexibility index (Phi) is 5.69. The van der Waals surface area contributed by atoms with Crippen molar-refractivity contribution in [2.24, 2.45) is 16.8 Å². The standard InChI is InChI=1S/C20H19F2N5O4/c21-15-6-12-14(9-30-18(12)7-13(15)19(26-23)27-24)20(28)25-10-1-2-17(16(22)5-10)31-11-3-4-29-8-11/h1-2,5-7,9,11H,3-4,8,23-24H2,(H,25,28)(H,26,27). The first-order valence-corrected chi connectivity index (χ1v) is 9.31. The number of hydrazone groups is 1. The number of amides is 1. The van der Waals surface area contributed by atoms with E-state index in [0.29, 0.717) is 19.6 Å². The van der Waals surface area contributed by atoms with Crippen LogP contribution in [0.1, 0.15) is 22.3 Å². The number of carbonyl (C=O) groups excluding carboxylic acids is 1. The molecule has 0 aliphatic carbocycles. The molecule has 1 aliphatic rings. The number of nitrogens with zero attached hydrogens (tertiary/aromatic N) is 1. The summed E-state index contributed by atoms with van der Waals surface area (Å²) in [6, 6.07) is 6.49. The summed E-state index contributed by atoms with van der Waals surface area (Å²) in [5, 5.41) is 6.13. The van der Waals surface area contributed by atoms with Crippen LogP contribution >= 0.6 is 0 Å². The van der Waals surface area contributed by atoms with Crippen molar-refractivity contribution < 1.29 is 27.5 Å². The van der Waals surface area contributed by atoms with E-state index < -0.39 is 17.5 Å². The van der Waals surface area contributed by atoms with Crippen molar-refractivity contribution in [1.29, 1.82) is 0 Å². The van der Waals surface area contributed by atoms with Crippen molar-refractivity contribution in [3.63, 3.8) is 0 Å². The molecule has 0 radical (unpaired) electrons. The Bertz CT molecular complexity index is 1160. The van der Waals surface area contributed by atoms with Gasteiger partial charge in [0, 0.05) is 23.6 Å². The highest BCUT2D eigenvalue weighted by molar-refractivity contribution is 6.13. The fraction of sp³-hybridized carbons (Fsp3) is 0.200. The highest BCUT2D eigenvalue weighted by atomic mass is 19.1. The van der Waals surface area contributed by atoms with E-state index in [2.05, 4.69) is 15.8 Å². The maximum absolute atomic E-state index is 14.5. The van der Waals surface area contributed by atoms with Gasteiger partial charge < -0.3 is 30.5 Å². The lowest BCUT2D eigenvalue weighted by molar-refractivity contribution is 0.102. The Morgan fingerprint density at radius 2 is 2.03 bits per heavy atom. The van der Waals surface area contributed by atoms with Gasteiger partial charge in [-0.15, -0.1) is 0 Å². The summed E-state index contributed by atoms with van der Waals surface area (Å²) in [4.78, 5) is 12.7. The van der Waals surface area contributed by atoms with E-state index in [0.717, 1.165) is 12.1 Å². The van der Waals surface area contributed by atoms with E-state index in [4.69, 9.17) is 25.6 Å². The number of nitrogens with two attached hydrogens (primary N) is 2. The predicted octanol–water partition coefficient (Wildman–Crippen LogP) is 2.21. The molecule has 0 saturated carbocycles. The third-order valence-electron chi connectivity index (χ3n) is 4.80. The minimum Gasteiger partial charge on any atom is -0.485 e. The van der Waals surface area contributed by atoms with Gasteiger partial charge in [-0.2, -0.15) is 5.10 Å². The smallest absolute Gasteiger partial charge is 0.259 e. The summed E-state index contributed by atoms with van der Waals surface area (Å²) in [6.45, 7) is 0.980. The highest BCUT2D eigenvalue weighted by Gasteiger charge is 2.21. The molecule has 1 unspecified atom stereocenters. The van der Waals surface area contributed by atoms with Crippen LogP contribution in [0.5, 0.6) is 5.75 Å². The van der Waals surface area contributed by atoms with Crippen molar-refractivity contribution in [1.82, 2.24) is 5.43 Å². The summed E-state index contributed by atoms with van der Waals surface area (Å²) in [6.07, 6.45) is 1.65. The number of ether oxygens (including phenoxy) is 2. The molecule has 0 bridgehead atoms. The van der Waals surface area contributed by atoms with Crippen LogP contribution in [0.4, 0.5) is 14.5 Å². The molecule has 4 rings (SSSR count). The van der Waals surface area contributed by atoms with E-state index in [-0.39, 0.29) is 45.5 Å². The first-order valence-electron chi connectivity index (χ1n) is 9.31. The van der Waals surface area contributed by atoms with Crippen LogP contribution in [-0.2, 0) is 4.74 Å². The molecule has 3 aromatic rings. The van der Waals surface area contributed by atoms with Gasteiger partial charge in [0.15, 0.2) is 17.4 Å². The lowest BCUT2D eigenvalue weighted by atomic mass is 10.1. The zero-order chi connectivity index (χ0) is 22.0. The number of hydrogen-bond donors (Lipinski definition) is 4. The van der Waals surface area contributed by atoms with Crippen molar-refractivity contribution in [2.75, 3.05) is 18.5 Å². The average Bonchev–Trinajstić information content (AvgIpc) is 3.40. The minimum absolute atomic E-state index is 0.0240. The van der Waals surface area contributed by atoms with Crippen LogP contribution in [0.2, 0.25) is 0 Å². The molecule has 1 aliphatic heterocycles. The van der Waals surface area contributed by atoms with Crippen molar-refractivity contribution >= 4 is 28.4 Å². The number of hydrogen-bond acceptors (Lipinski definition) is 7. The maximum atomic E-state index is 14.5. The normalized spacial score (nSPS) is 16.5. The van der Waals surface area contributed by atoms with Crippen LogP contribution < -0.4 is 27.2 Å². The second kappa shape index (κ2) is 8.58. The lowest BCUT2D eigenvalue weighted by Gasteiger charge is -2.13. The molecule has 1 atom stereocenters. The van der Waals surface area contributed by atoms with E-state index in [1.54, 1.807) is 0 Å². The number of halogens is 2. The third-order valence-corrected chi connectivity index (χ3v) is 4.80. The van der Waals surface area contributed by atoms with Crippen molar-refractivity contribution in [2.45, 2.75) is 12.5 Å². The minimum atomic E-state index is -0.714. The molecule has 9 nitrogen and oxygen atoms in total. The van der Waals surface area contributed by atoms with Crippen molar-refractivity contribution in [3.05, 3.63) is 59.4 Å². The van der Waals surface area contributed by atoms with Gasteiger partial charge in [0.25, 0.3) is 5.91 Å². The van der Waals surface area contributed by atoms with E-state index in [9.17, 15) is 13.6 Å². The van der Waals surface area contributed by atoms with Gasteiger partial charge in [0.05, 0.1) is 24.3 Å². The first-order chi connectivity index (χ1) is 15.0. The number of hydrazine groups is 1. The molecule has 1 fully saturated rings. The summed E-state index contributed by atoms with van der Waals surface area (Å²) in [7, 11) is 0. The fourth-order valence-corrected chi connectivity index (χ4v) is 3.25. The number of benzene rings is 2. The second-order valence-electron chi connectivity index (χ2n) is 6.80. The van der Waals surface area contributed by atoms with Gasteiger partial charge in [-0.05, 0) is 24.3 Å². The van der Waals surface area contributed by atoms with Gasteiger partial charge >= 0.3 is 0 Å². The number of amidine groups is 1. The maximum Gasteiger partial charge on any atom is 0.259 e. The van der Waals surface area contributed by atoms with Crippen LogP contribution in [0, 0.1) is 11.6 Å². The van der Waals surface area contributed by atoms with Gasteiger partial charge in [-0.25, -0.2) is 14.6 Å². The quantitative estimate of drug-likeness (QED) is 0.210. The molecular weight excluding hydrogens is 412 g/mol. The van der Waals surface area contributed by atoms with Gasteiger partial charge in [0.1, 0.15) is 23.8 Å². The van der Waals surface area contributed by atoms with Crippen LogP contribution in [0.15, 0.2) is 46.1 Å². The van der Waals surface area contributed by atoms with Crippen LogP contribution in [0.25, 0.3) is 11.0 Å². The summed E-state index contributed by atoms with van der Waals surface area (Å²) < 4.78 is 45.0. The molecule has 1 amide bonds. The van der Waals surface area contributed by atoms with Crippen molar-refractivity contribution in [3.8, 4) is 5.75 Å². The lowest BCUT2D eigenvalue weighted by Crippen LogP contribution is -2.32. The molecule has 31 heavy (non-hydrogen) atoms. The largest absolute Gasteiger partial charge is 0.485 e. The Morgan fingerprint density at radius 3 is 2.71 bits per heavy atom. The van der Waals surface area contributed by atoms with Gasteiger partial charge in [-0.3, -0.25) is 4.79 Å². The van der Waals surface area contributed by atoms with E-state index in [1.807, 2.05) is 0 Å². The number of carbonyl (C=O) groups is 1. The number of rotatable bonds is 5. The van der Waals surface area contributed by atoms with Crippen LogP contribution in [-0.4, -0.2) is 31.1 Å². The van der Waals surface area contributed by atoms with E-state index >= 15 is 0 Å². The molecule has 162 valence electrons. The molecule has 0 spiro atoms. The number of nitrogens with one attached hydrogen (secondary N) is 2. The highest BCUT2D eigenvalue weighted by Crippen LogP contribution is 2.27. The fourth-order valence-electron chi connectivity index (χ4n) is 3.25. The first kappa shape index (κ1) is 20.6. The SMILES string of the molecule is N/N=C(\NN)c1cc2occ(C(=O)Nc3ccc(OC4CCOC4)c(F)c3)c2cc1F. The molecule has 6 N–H and O–H groups in total. The third kappa shape index (κ3) is 4.13. The molecule has 2 heterocycles. The number of fused-ring (bicyclic) bond motifs is 1. The van der Waals surface area contributed by atoms with Gasteiger partial charge in [-0.1, -0.05) is 0 Å². The second-order valence-corrected chi connectivity index (χ2v) is 6.80. The molecule has 11 heteroatoms. The topological polar surface area (TPSA) is 137 Å². The Morgan fingerprint density at radius 1 is 1.19 bits per heavy atom. The zero-order valence-corrected chi connectivity index (χ0v) is 16.2. The monoisotopic (exact) mass is 431 g/mol. The summed E-state index contributed by atoms with van der Waals surface area (Å²) >= 11 is 0. The Labute approximate surface area is 174 Å². The zero-order valence-electron chi connectivity index (χ0n) is 16.2.